The van der Waals surface area contributed by atoms with Crippen LogP contribution < -0.4 is 11.1 Å². The van der Waals surface area contributed by atoms with E-state index in [1.807, 2.05) is 6.92 Å². The van der Waals surface area contributed by atoms with Gasteiger partial charge in [0.2, 0.25) is 11.8 Å². The van der Waals surface area contributed by atoms with Crippen LogP contribution in [0.4, 0.5) is 4.39 Å². The van der Waals surface area contributed by atoms with Crippen LogP contribution in [0.2, 0.25) is 0 Å². The van der Waals surface area contributed by atoms with Gasteiger partial charge in [0.05, 0.1) is 0 Å². The summed E-state index contributed by atoms with van der Waals surface area (Å²) < 4.78 is 12.7. The highest BCUT2D eigenvalue weighted by Gasteiger charge is 2.15. The van der Waals surface area contributed by atoms with Gasteiger partial charge in [0.15, 0.2) is 0 Å². The molecule has 3 N–H and O–H groups in total. The molecule has 0 radical (unpaired) electrons. The minimum absolute atomic E-state index is 0.0503. The maximum atomic E-state index is 12.7. The lowest BCUT2D eigenvalue weighted by Crippen LogP contribution is -2.42. The molecule has 1 aromatic carbocycles. The molecule has 0 aliphatic carbocycles. The number of halogens is 1. The third-order valence-corrected chi connectivity index (χ3v) is 2.73. The largest absolute Gasteiger partial charge is 0.368 e. The van der Waals surface area contributed by atoms with E-state index in [0.717, 1.165) is 5.56 Å². The lowest BCUT2D eigenvalue weighted by Gasteiger charge is -2.14. The Hall–Kier alpha value is -1.91. The number of hydrogen-bond acceptors (Lipinski definition) is 2. The molecular weight excluding hydrogens is 235 g/mol. The van der Waals surface area contributed by atoms with Crippen molar-refractivity contribution >= 4 is 11.8 Å². The monoisotopic (exact) mass is 252 g/mol. The van der Waals surface area contributed by atoms with Crippen molar-refractivity contribution in [2.24, 2.45) is 5.73 Å². The van der Waals surface area contributed by atoms with Gasteiger partial charge in [0, 0.05) is 6.42 Å². The van der Waals surface area contributed by atoms with Crippen molar-refractivity contribution in [1.29, 1.82) is 0 Å². The molecule has 0 fully saturated rings. The number of amides is 2. The number of benzene rings is 1. The van der Waals surface area contributed by atoms with Crippen molar-refractivity contribution in [2.75, 3.05) is 0 Å². The summed E-state index contributed by atoms with van der Waals surface area (Å²) in [6.07, 6.45) is 0.225. The van der Waals surface area contributed by atoms with Crippen LogP contribution >= 0.6 is 0 Å². The number of rotatable bonds is 5. The van der Waals surface area contributed by atoms with Gasteiger partial charge in [-0.05, 0) is 30.5 Å². The van der Waals surface area contributed by atoms with Crippen LogP contribution in [0.15, 0.2) is 24.3 Å². The SMILES string of the molecule is C[C@H](NC(=O)C[C@@H](C)c1ccc(F)cc1)C(N)=O. The molecule has 0 saturated carbocycles. The predicted molar refractivity (Wildman–Crippen MR) is 66.2 cm³/mol. The second-order valence-corrected chi connectivity index (χ2v) is 4.35. The maximum absolute atomic E-state index is 12.7. The summed E-state index contributed by atoms with van der Waals surface area (Å²) in [5.41, 5.74) is 5.92. The molecule has 0 unspecified atom stereocenters. The van der Waals surface area contributed by atoms with Crippen molar-refractivity contribution in [2.45, 2.75) is 32.2 Å². The maximum Gasteiger partial charge on any atom is 0.239 e. The molecule has 98 valence electrons. The Bertz CT molecular complexity index is 431. The van der Waals surface area contributed by atoms with Gasteiger partial charge in [-0.2, -0.15) is 0 Å². The molecule has 4 nitrogen and oxygen atoms in total. The van der Waals surface area contributed by atoms with Gasteiger partial charge in [0.25, 0.3) is 0 Å². The topological polar surface area (TPSA) is 72.2 Å². The van der Waals surface area contributed by atoms with Gasteiger partial charge >= 0.3 is 0 Å². The Morgan fingerprint density at radius 1 is 1.28 bits per heavy atom. The molecule has 5 heteroatoms. The van der Waals surface area contributed by atoms with Crippen LogP contribution in [0.5, 0.6) is 0 Å². The van der Waals surface area contributed by atoms with E-state index < -0.39 is 11.9 Å². The molecule has 18 heavy (non-hydrogen) atoms. The zero-order valence-corrected chi connectivity index (χ0v) is 10.4. The van der Waals surface area contributed by atoms with E-state index in [4.69, 9.17) is 5.73 Å². The van der Waals surface area contributed by atoms with Gasteiger partial charge in [-0.15, -0.1) is 0 Å². The van der Waals surface area contributed by atoms with Crippen LogP contribution in [0.3, 0.4) is 0 Å². The third kappa shape index (κ3) is 4.16. The van der Waals surface area contributed by atoms with Crippen molar-refractivity contribution in [3.8, 4) is 0 Å². The Kier molecular flexibility index (Phi) is 4.83. The zero-order chi connectivity index (χ0) is 13.7. The lowest BCUT2D eigenvalue weighted by atomic mass is 9.97. The summed E-state index contributed by atoms with van der Waals surface area (Å²) in [5, 5.41) is 2.50. The normalized spacial score (nSPS) is 13.7. The van der Waals surface area contributed by atoms with Gasteiger partial charge in [0.1, 0.15) is 11.9 Å². The van der Waals surface area contributed by atoms with Crippen LogP contribution in [0.25, 0.3) is 0 Å². The molecule has 1 rings (SSSR count). The molecule has 0 bridgehead atoms. The van der Waals surface area contributed by atoms with Crippen LogP contribution in [0.1, 0.15) is 31.7 Å². The fraction of sp³-hybridized carbons (Fsp3) is 0.385. The lowest BCUT2D eigenvalue weighted by molar-refractivity contribution is -0.127. The van der Waals surface area contributed by atoms with E-state index in [1.165, 1.54) is 19.1 Å². The molecule has 1 aromatic rings. The summed E-state index contributed by atoms with van der Waals surface area (Å²) in [4.78, 5) is 22.4. The van der Waals surface area contributed by atoms with Gasteiger partial charge in [-0.1, -0.05) is 19.1 Å². The first-order valence-electron chi connectivity index (χ1n) is 5.74. The first-order chi connectivity index (χ1) is 8.40. The van der Waals surface area contributed by atoms with Crippen molar-refractivity contribution in [3.63, 3.8) is 0 Å². The molecule has 0 heterocycles. The van der Waals surface area contributed by atoms with Gasteiger partial charge in [-0.25, -0.2) is 4.39 Å². The Labute approximate surface area is 105 Å². The number of nitrogens with one attached hydrogen (secondary N) is 1. The molecule has 2 amide bonds. The molecule has 0 aliphatic rings. The molecule has 0 saturated heterocycles. The first-order valence-corrected chi connectivity index (χ1v) is 5.74. The highest BCUT2D eigenvalue weighted by molar-refractivity contribution is 5.86. The molecule has 2 atom stereocenters. The predicted octanol–water partition coefficient (Wildman–Crippen LogP) is 1.31. The highest BCUT2D eigenvalue weighted by atomic mass is 19.1. The van der Waals surface area contributed by atoms with Gasteiger partial charge in [-0.3, -0.25) is 9.59 Å². The molecule has 0 aliphatic heterocycles. The molecule has 0 aromatic heterocycles. The summed E-state index contributed by atoms with van der Waals surface area (Å²) in [6.45, 7) is 3.39. The van der Waals surface area contributed by atoms with E-state index in [1.54, 1.807) is 12.1 Å². The van der Waals surface area contributed by atoms with Crippen LogP contribution in [0, 0.1) is 5.82 Å². The minimum Gasteiger partial charge on any atom is -0.368 e. The summed E-state index contributed by atoms with van der Waals surface area (Å²) in [6, 6.07) is 5.32. The second kappa shape index (κ2) is 6.14. The first kappa shape index (κ1) is 14.2. The van der Waals surface area contributed by atoms with Gasteiger partial charge < -0.3 is 11.1 Å². The molecular formula is C13H17FN2O2. The second-order valence-electron chi connectivity index (χ2n) is 4.35. The minimum atomic E-state index is -0.682. The average Bonchev–Trinajstić information content (AvgIpc) is 2.29. The Morgan fingerprint density at radius 3 is 2.33 bits per heavy atom. The summed E-state index contributed by atoms with van der Waals surface area (Å²) >= 11 is 0. The number of nitrogens with two attached hydrogens (primary N) is 1. The van der Waals surface area contributed by atoms with Crippen molar-refractivity contribution in [1.82, 2.24) is 5.32 Å². The number of hydrogen-bond donors (Lipinski definition) is 2. The fourth-order valence-electron chi connectivity index (χ4n) is 1.56. The Morgan fingerprint density at radius 2 is 1.83 bits per heavy atom. The van der Waals surface area contributed by atoms with Crippen LogP contribution in [-0.2, 0) is 9.59 Å². The van der Waals surface area contributed by atoms with E-state index in [2.05, 4.69) is 5.32 Å². The number of carbonyl (C=O) groups excluding carboxylic acids is 2. The fourth-order valence-corrected chi connectivity index (χ4v) is 1.56. The highest BCUT2D eigenvalue weighted by Crippen LogP contribution is 2.19. The van der Waals surface area contributed by atoms with E-state index >= 15 is 0 Å². The van der Waals surface area contributed by atoms with E-state index in [-0.39, 0.29) is 24.1 Å². The summed E-state index contributed by atoms with van der Waals surface area (Å²) in [7, 11) is 0. The average molecular weight is 252 g/mol. The van der Waals surface area contributed by atoms with Crippen molar-refractivity contribution < 1.29 is 14.0 Å². The summed E-state index contributed by atoms with van der Waals surface area (Å²) in [5.74, 6) is -1.18. The number of carbonyl (C=O) groups is 2. The Balaban J connectivity index is 2.54. The smallest absolute Gasteiger partial charge is 0.239 e. The van der Waals surface area contributed by atoms with E-state index in [9.17, 15) is 14.0 Å². The third-order valence-electron chi connectivity index (χ3n) is 2.73. The van der Waals surface area contributed by atoms with Crippen LogP contribution in [-0.4, -0.2) is 17.9 Å². The standard InChI is InChI=1S/C13H17FN2O2/c1-8(10-3-5-11(14)6-4-10)7-12(17)16-9(2)13(15)18/h3-6,8-9H,7H2,1-2H3,(H2,15,18)(H,16,17)/t8-,9+/m1/s1. The van der Waals surface area contributed by atoms with E-state index in [0.29, 0.717) is 0 Å². The number of primary amides is 1. The zero-order valence-electron chi connectivity index (χ0n) is 10.4. The molecule has 0 spiro atoms. The quantitative estimate of drug-likeness (QED) is 0.829. The van der Waals surface area contributed by atoms with Crippen molar-refractivity contribution in [3.05, 3.63) is 35.6 Å².